The lowest BCUT2D eigenvalue weighted by atomic mass is 9.94. The van der Waals surface area contributed by atoms with Gasteiger partial charge in [0.1, 0.15) is 54.4 Å². The summed E-state index contributed by atoms with van der Waals surface area (Å²) in [4.78, 5) is 172. The smallest absolute Gasteiger partial charge is 0.325 e. The van der Waals surface area contributed by atoms with Gasteiger partial charge in [-0.15, -0.1) is 0 Å². The van der Waals surface area contributed by atoms with Crippen molar-refractivity contribution in [2.45, 2.75) is 203 Å². The van der Waals surface area contributed by atoms with Crippen LogP contribution in [0.3, 0.4) is 0 Å². The maximum Gasteiger partial charge on any atom is 0.325 e. The van der Waals surface area contributed by atoms with Crippen LogP contribution in [0.2, 0.25) is 0 Å². The number of hydrogen-bond acceptors (Lipinski definition) is 15. The minimum Gasteiger partial charge on any atom is -0.480 e. The predicted octanol–water partition coefficient (Wildman–Crippen LogP) is -0.945. The van der Waals surface area contributed by atoms with Gasteiger partial charge >= 0.3 is 5.97 Å². The van der Waals surface area contributed by atoms with Gasteiger partial charge in [0.05, 0.1) is 25.7 Å². The largest absolute Gasteiger partial charge is 0.480 e. The molecule has 0 aromatic carbocycles. The molecule has 0 aromatic rings. The lowest BCUT2D eigenvalue weighted by Gasteiger charge is -2.30. The highest BCUT2D eigenvalue weighted by Crippen LogP contribution is 2.15. The van der Waals surface area contributed by atoms with Crippen LogP contribution in [0.15, 0.2) is 0 Å². The van der Waals surface area contributed by atoms with Crippen LogP contribution in [0.25, 0.3) is 0 Å². The van der Waals surface area contributed by atoms with E-state index in [4.69, 9.17) is 5.73 Å². The lowest BCUT2D eigenvalue weighted by Crippen LogP contribution is -2.61. The fraction of sp³-hybridized carbons (Fsp3) is 0.768. The summed E-state index contributed by atoms with van der Waals surface area (Å²) in [7, 11) is 0. The van der Waals surface area contributed by atoms with Gasteiger partial charge in [0.25, 0.3) is 0 Å². The van der Waals surface area contributed by atoms with Crippen LogP contribution in [-0.2, 0) is 62.3 Å². The van der Waals surface area contributed by atoms with E-state index in [-0.39, 0.29) is 24.7 Å². The van der Waals surface area contributed by atoms with Gasteiger partial charge < -0.3 is 74.6 Å². The van der Waals surface area contributed by atoms with Crippen molar-refractivity contribution in [3.63, 3.8) is 0 Å². The molecule has 28 heteroatoms. The highest BCUT2D eigenvalue weighted by atomic mass is 32.2. The van der Waals surface area contributed by atoms with Gasteiger partial charge in [-0.25, -0.2) is 0 Å². The summed E-state index contributed by atoms with van der Waals surface area (Å²) in [6.45, 7) is 25.2. The number of rotatable bonds is 39. The molecule has 27 nitrogen and oxygen atoms in total. The first-order valence-corrected chi connectivity index (χ1v) is 30.5. The van der Waals surface area contributed by atoms with Crippen LogP contribution in [0.1, 0.15) is 143 Å². The third kappa shape index (κ3) is 27.9. The molecule has 0 aromatic heterocycles. The number of hydrogen-bond donors (Lipinski definition) is 14. The Labute approximate surface area is 500 Å². The van der Waals surface area contributed by atoms with E-state index >= 15 is 0 Å². The van der Waals surface area contributed by atoms with Crippen molar-refractivity contribution in [3.8, 4) is 0 Å². The van der Waals surface area contributed by atoms with E-state index in [0.717, 1.165) is 0 Å². The van der Waals surface area contributed by atoms with E-state index in [9.17, 15) is 67.4 Å². The molecule has 13 atom stereocenters. The zero-order chi connectivity index (χ0) is 64.9. The fourth-order valence-corrected chi connectivity index (χ4v) is 8.56. The second kappa shape index (κ2) is 39.1. The third-order valence-electron chi connectivity index (χ3n) is 14.2. The highest BCUT2D eigenvalue weighted by Gasteiger charge is 2.37. The predicted molar refractivity (Wildman–Crippen MR) is 319 cm³/mol. The quantitative estimate of drug-likeness (QED) is 0.0353. The van der Waals surface area contributed by atoms with E-state index in [0.29, 0.717) is 25.0 Å². The van der Waals surface area contributed by atoms with Gasteiger partial charge in [-0.1, -0.05) is 116 Å². The zero-order valence-electron chi connectivity index (χ0n) is 52.4. The molecule has 0 rings (SSSR count). The van der Waals surface area contributed by atoms with Crippen LogP contribution in [0.5, 0.6) is 0 Å². The van der Waals surface area contributed by atoms with Crippen molar-refractivity contribution in [2.24, 2.45) is 47.2 Å². The molecule has 0 saturated heterocycles. The number of carboxylic acids is 1. The SMILES string of the molecule is CC[C@H](C)[C@H](NC(=O)[C@H](C)N)C(=O)N[C@H](C(=O)NCC(=O)N[C@@H](CC(C)C)C(=O)N[C@@H](CCSC)C(=O)N[C@H](C(=O)NCC(=O)NCC(=O)N[C@H](C(=O)N[C@H](C(=O)N[C@H](C(=O)N[C@@H](C)C(=O)O)[C@@H](C)CC)C(C)C)C(C)C)C(C)C)[C@@H](C)CC. The Hall–Kier alpha value is -6.58. The first-order chi connectivity index (χ1) is 39.1. The van der Waals surface area contributed by atoms with Gasteiger partial charge in [-0.05, 0) is 80.1 Å². The van der Waals surface area contributed by atoms with Crippen LogP contribution < -0.4 is 69.5 Å². The Kier molecular flexibility index (Phi) is 36.1. The molecule has 84 heavy (non-hydrogen) atoms. The average Bonchev–Trinajstić information content (AvgIpc) is 3.57. The number of carbonyl (C=O) groups excluding carboxylic acids is 12. The number of thioether (sulfide) groups is 1. The summed E-state index contributed by atoms with van der Waals surface area (Å²) in [5, 5.41) is 40.2. The Morgan fingerprint density at radius 1 is 0.393 bits per heavy atom. The standard InChI is InChI=1S/C56H101N13O14S/c1-18-31(12)44(68-55(81)46(33(14)20-3)67-47(73)34(15)57)51(77)60-26-39(71)62-37(23-27(4)5)49(75)63-36(21-22-84-17)48(74)65-41(28(6)7)50(76)59-24-38(70)58-25-40(72)64-42(29(8)9)52(78)66-43(30(10)11)53(79)69-45(32(13)19-2)54(80)61-35(16)56(82)83/h27-37,41-46H,18-26,57H2,1-17H3,(H,58,70)(H,59,76)(H,60,77)(H,61,80)(H,62,71)(H,63,75)(H,64,72)(H,65,74)(H,66,78)(H,67,73)(H,68,81)(H,69,79)(H,82,83)/t31-,32-,33-,34-,35-,36-,37-,41-,42-,43-,44-,45-,46-/m0/s1. The number of aliphatic carboxylic acids is 1. The topological polar surface area (TPSA) is 413 Å². The van der Waals surface area contributed by atoms with E-state index in [2.05, 4.69) is 63.8 Å². The maximum atomic E-state index is 13.9. The maximum absolute atomic E-state index is 13.9. The molecule has 0 aliphatic heterocycles. The van der Waals surface area contributed by atoms with Gasteiger partial charge in [-0.2, -0.15) is 11.8 Å². The summed E-state index contributed by atoms with van der Waals surface area (Å²) < 4.78 is 0. The molecule has 0 saturated carbocycles. The number of nitrogens with two attached hydrogens (primary N) is 1. The Bertz CT molecular complexity index is 2230. The van der Waals surface area contributed by atoms with Crippen molar-refractivity contribution in [2.75, 3.05) is 31.6 Å². The third-order valence-corrected chi connectivity index (χ3v) is 14.8. The van der Waals surface area contributed by atoms with Crippen LogP contribution in [-0.4, -0.2) is 174 Å². The van der Waals surface area contributed by atoms with Crippen molar-refractivity contribution in [1.82, 2.24) is 63.8 Å². The molecular weight excluding hydrogens is 1110 g/mol. The second-order valence-electron chi connectivity index (χ2n) is 23.0. The van der Waals surface area contributed by atoms with Crippen molar-refractivity contribution in [3.05, 3.63) is 0 Å². The molecule has 0 aliphatic rings. The summed E-state index contributed by atoms with van der Waals surface area (Å²) in [5.41, 5.74) is 5.73. The molecule has 0 unspecified atom stereocenters. The van der Waals surface area contributed by atoms with E-state index < -0.39 is 186 Å². The minimum absolute atomic E-state index is 0.118. The van der Waals surface area contributed by atoms with Crippen molar-refractivity contribution in [1.29, 1.82) is 0 Å². The molecule has 0 radical (unpaired) electrons. The number of amides is 12. The van der Waals surface area contributed by atoms with Crippen LogP contribution >= 0.6 is 11.8 Å². The molecule has 0 spiro atoms. The van der Waals surface area contributed by atoms with Gasteiger partial charge in [-0.3, -0.25) is 62.3 Å². The molecular formula is C56H101N13O14S. The summed E-state index contributed by atoms with van der Waals surface area (Å²) >= 11 is 1.39. The molecule has 12 amide bonds. The first-order valence-electron chi connectivity index (χ1n) is 29.1. The molecule has 0 heterocycles. The van der Waals surface area contributed by atoms with E-state index in [1.54, 1.807) is 75.5 Å². The molecule has 0 bridgehead atoms. The second-order valence-corrected chi connectivity index (χ2v) is 24.0. The van der Waals surface area contributed by atoms with Gasteiger partial charge in [0.15, 0.2) is 0 Å². The number of nitrogens with one attached hydrogen (secondary N) is 12. The van der Waals surface area contributed by atoms with E-state index in [1.807, 2.05) is 27.7 Å². The zero-order valence-corrected chi connectivity index (χ0v) is 53.2. The van der Waals surface area contributed by atoms with Crippen LogP contribution in [0.4, 0.5) is 0 Å². The fourth-order valence-electron chi connectivity index (χ4n) is 8.09. The first kappa shape index (κ1) is 77.4. The molecule has 480 valence electrons. The number of carboxylic acid groups (broad SMARTS) is 1. The Morgan fingerprint density at radius 2 is 0.738 bits per heavy atom. The summed E-state index contributed by atoms with van der Waals surface area (Å²) in [5.74, 6) is -12.1. The normalized spacial score (nSPS) is 16.0. The summed E-state index contributed by atoms with van der Waals surface area (Å²) in [6.07, 6.45) is 3.51. The average molecular weight is 1210 g/mol. The number of carbonyl (C=O) groups is 13. The minimum atomic E-state index is -1.27. The van der Waals surface area contributed by atoms with Gasteiger partial charge in [0, 0.05) is 0 Å². The van der Waals surface area contributed by atoms with E-state index in [1.165, 1.54) is 25.6 Å². The molecule has 15 N–H and O–H groups in total. The van der Waals surface area contributed by atoms with Crippen molar-refractivity contribution < 1.29 is 67.4 Å². The molecule has 0 aliphatic carbocycles. The lowest BCUT2D eigenvalue weighted by molar-refractivity contribution is -0.142. The Balaban J connectivity index is 5.92. The highest BCUT2D eigenvalue weighted by molar-refractivity contribution is 7.98. The Morgan fingerprint density at radius 3 is 1.17 bits per heavy atom. The molecule has 0 fully saturated rings. The summed E-state index contributed by atoms with van der Waals surface area (Å²) in [6, 6.07) is -11.2. The van der Waals surface area contributed by atoms with Crippen LogP contribution in [0, 0.1) is 41.4 Å². The van der Waals surface area contributed by atoms with Gasteiger partial charge in [0.2, 0.25) is 70.9 Å². The monoisotopic (exact) mass is 1210 g/mol. The van der Waals surface area contributed by atoms with Crippen molar-refractivity contribution >= 4 is 88.6 Å².